The van der Waals surface area contributed by atoms with Gasteiger partial charge >= 0.3 is 0 Å². The van der Waals surface area contributed by atoms with Crippen LogP contribution in [0.25, 0.3) is 22.1 Å². The summed E-state index contributed by atoms with van der Waals surface area (Å²) < 4.78 is 15.5. The maximum absolute atomic E-state index is 14.2. The highest BCUT2D eigenvalue weighted by Gasteiger charge is 2.21. The number of aromatic amines is 1. The second-order valence-electron chi connectivity index (χ2n) is 6.26. The largest absolute Gasteiger partial charge is 0.358 e. The van der Waals surface area contributed by atoms with Crippen LogP contribution in [0, 0.1) is 5.82 Å². The number of nitrogens with zero attached hydrogens (tertiary/aromatic N) is 6. The highest BCUT2D eigenvalue weighted by Crippen LogP contribution is 2.22. The molecule has 1 unspecified atom stereocenters. The van der Waals surface area contributed by atoms with Crippen LogP contribution in [-0.4, -0.2) is 43.7 Å². The Kier molecular flexibility index (Phi) is 3.94. The summed E-state index contributed by atoms with van der Waals surface area (Å²) in [6.45, 7) is 1.84. The average Bonchev–Trinajstić information content (AvgIpc) is 3.10. The standard InChI is InChI=1S/C17H17FN8O/c1-9(23-15-13-14(20-7-19-13)21-8-22-15)16-24-11-6-4-5-10(18)12(11)17(27)26(16)25(2)3/h4-9H,1-3H3,(H2,19,20,21,22,23). The Bertz CT molecular complexity index is 1200. The predicted molar refractivity (Wildman–Crippen MR) is 99.7 cm³/mol. The summed E-state index contributed by atoms with van der Waals surface area (Å²) in [4.78, 5) is 32.8. The van der Waals surface area contributed by atoms with Crippen molar-refractivity contribution in [3.8, 4) is 0 Å². The van der Waals surface area contributed by atoms with E-state index >= 15 is 0 Å². The second kappa shape index (κ2) is 6.31. The lowest BCUT2D eigenvalue weighted by Gasteiger charge is -2.24. The highest BCUT2D eigenvalue weighted by molar-refractivity contribution is 5.82. The number of H-pyrrole nitrogens is 1. The van der Waals surface area contributed by atoms with Gasteiger partial charge in [0.05, 0.1) is 17.9 Å². The molecular formula is C17H17FN8O. The molecule has 1 aromatic carbocycles. The number of anilines is 1. The van der Waals surface area contributed by atoms with Crippen molar-refractivity contribution in [3.05, 3.63) is 52.8 Å². The lowest BCUT2D eigenvalue weighted by atomic mass is 10.2. The molecule has 1 atom stereocenters. The Morgan fingerprint density at radius 2 is 2.07 bits per heavy atom. The Balaban J connectivity index is 1.86. The zero-order valence-corrected chi connectivity index (χ0v) is 14.9. The van der Waals surface area contributed by atoms with E-state index in [0.29, 0.717) is 28.3 Å². The number of hydrogen-bond donors (Lipinski definition) is 2. The van der Waals surface area contributed by atoms with Gasteiger partial charge in [-0.15, -0.1) is 0 Å². The van der Waals surface area contributed by atoms with Crippen LogP contribution in [0.4, 0.5) is 10.2 Å². The molecule has 2 N–H and O–H groups in total. The van der Waals surface area contributed by atoms with E-state index in [4.69, 9.17) is 0 Å². The summed E-state index contributed by atoms with van der Waals surface area (Å²) in [6.07, 6.45) is 2.93. The molecule has 0 bridgehead atoms. The summed E-state index contributed by atoms with van der Waals surface area (Å²) in [6, 6.07) is 4.00. The number of hydrogen-bond acceptors (Lipinski definition) is 7. The Labute approximate surface area is 152 Å². The van der Waals surface area contributed by atoms with Gasteiger partial charge in [0.25, 0.3) is 5.56 Å². The van der Waals surface area contributed by atoms with E-state index < -0.39 is 17.4 Å². The van der Waals surface area contributed by atoms with E-state index in [1.807, 2.05) is 6.92 Å². The molecule has 0 aliphatic rings. The van der Waals surface area contributed by atoms with Gasteiger partial charge in [0.2, 0.25) is 0 Å². The fraction of sp³-hybridized carbons (Fsp3) is 0.235. The first-order valence-electron chi connectivity index (χ1n) is 8.26. The fourth-order valence-electron chi connectivity index (χ4n) is 3.01. The van der Waals surface area contributed by atoms with Crippen LogP contribution in [-0.2, 0) is 0 Å². The molecule has 9 nitrogen and oxygen atoms in total. The van der Waals surface area contributed by atoms with Crippen LogP contribution in [0.2, 0.25) is 0 Å². The normalized spacial score (nSPS) is 12.4. The molecule has 0 amide bonds. The third kappa shape index (κ3) is 2.75. The van der Waals surface area contributed by atoms with E-state index in [9.17, 15) is 9.18 Å². The first-order valence-corrected chi connectivity index (χ1v) is 8.26. The SMILES string of the molecule is CC(Nc1ncnc2nc[nH]c12)c1nc2cccc(F)c2c(=O)n1N(C)C. The summed E-state index contributed by atoms with van der Waals surface area (Å²) in [5, 5.41) is 4.75. The Morgan fingerprint density at radius 3 is 2.85 bits per heavy atom. The molecule has 0 aliphatic heterocycles. The first-order chi connectivity index (χ1) is 13.0. The van der Waals surface area contributed by atoms with Crippen molar-refractivity contribution >= 4 is 27.9 Å². The molecular weight excluding hydrogens is 351 g/mol. The molecule has 3 aromatic heterocycles. The maximum atomic E-state index is 14.2. The van der Waals surface area contributed by atoms with Crippen molar-refractivity contribution < 1.29 is 4.39 Å². The number of benzene rings is 1. The van der Waals surface area contributed by atoms with Crippen molar-refractivity contribution in [1.82, 2.24) is 29.6 Å². The summed E-state index contributed by atoms with van der Waals surface area (Å²) >= 11 is 0. The van der Waals surface area contributed by atoms with Crippen LogP contribution < -0.4 is 15.9 Å². The molecule has 4 aromatic rings. The van der Waals surface area contributed by atoms with Crippen LogP contribution in [0.1, 0.15) is 18.8 Å². The molecule has 3 heterocycles. The molecule has 0 radical (unpaired) electrons. The van der Waals surface area contributed by atoms with E-state index in [-0.39, 0.29) is 5.39 Å². The summed E-state index contributed by atoms with van der Waals surface area (Å²) in [5.74, 6) is 0.362. The van der Waals surface area contributed by atoms with Crippen LogP contribution in [0.15, 0.2) is 35.6 Å². The van der Waals surface area contributed by atoms with Gasteiger partial charge in [-0.1, -0.05) is 6.07 Å². The number of nitrogens with one attached hydrogen (secondary N) is 2. The second-order valence-corrected chi connectivity index (χ2v) is 6.26. The predicted octanol–water partition coefficient (Wildman–Crippen LogP) is 1.57. The number of imidazole rings is 1. The van der Waals surface area contributed by atoms with Crippen molar-refractivity contribution in [2.45, 2.75) is 13.0 Å². The van der Waals surface area contributed by atoms with E-state index in [0.717, 1.165) is 0 Å². The minimum atomic E-state index is -0.595. The average molecular weight is 368 g/mol. The monoisotopic (exact) mass is 368 g/mol. The molecule has 0 saturated carbocycles. The van der Waals surface area contributed by atoms with Crippen LogP contribution in [0.3, 0.4) is 0 Å². The van der Waals surface area contributed by atoms with Gasteiger partial charge in [0.15, 0.2) is 17.3 Å². The lowest BCUT2D eigenvalue weighted by molar-refractivity contribution is 0.598. The van der Waals surface area contributed by atoms with Gasteiger partial charge in [0, 0.05) is 14.1 Å². The highest BCUT2D eigenvalue weighted by atomic mass is 19.1. The first kappa shape index (κ1) is 16.9. The molecule has 0 fully saturated rings. The molecule has 10 heteroatoms. The molecule has 4 rings (SSSR count). The summed E-state index contributed by atoms with van der Waals surface area (Å²) in [7, 11) is 3.40. The third-order valence-electron chi connectivity index (χ3n) is 4.21. The zero-order chi connectivity index (χ0) is 19.1. The van der Waals surface area contributed by atoms with Gasteiger partial charge < -0.3 is 15.3 Å². The van der Waals surface area contributed by atoms with Crippen LogP contribution >= 0.6 is 0 Å². The number of fused-ring (bicyclic) bond motifs is 2. The molecule has 27 heavy (non-hydrogen) atoms. The minimum Gasteiger partial charge on any atom is -0.358 e. The quantitative estimate of drug-likeness (QED) is 0.563. The van der Waals surface area contributed by atoms with Gasteiger partial charge in [0.1, 0.15) is 23.0 Å². The van der Waals surface area contributed by atoms with Gasteiger partial charge in [-0.2, -0.15) is 0 Å². The summed E-state index contributed by atoms with van der Waals surface area (Å²) in [5.41, 5.74) is 1.01. The van der Waals surface area contributed by atoms with E-state index in [2.05, 4.69) is 30.2 Å². The third-order valence-corrected chi connectivity index (χ3v) is 4.21. The van der Waals surface area contributed by atoms with Gasteiger partial charge in [-0.3, -0.25) is 4.79 Å². The number of halogens is 1. The Hall–Kier alpha value is -3.56. The van der Waals surface area contributed by atoms with Crippen molar-refractivity contribution in [1.29, 1.82) is 0 Å². The fourth-order valence-corrected chi connectivity index (χ4v) is 3.01. The maximum Gasteiger partial charge on any atom is 0.283 e. The van der Waals surface area contributed by atoms with Crippen molar-refractivity contribution in [2.24, 2.45) is 0 Å². The zero-order valence-electron chi connectivity index (χ0n) is 14.9. The van der Waals surface area contributed by atoms with E-state index in [1.54, 1.807) is 25.2 Å². The molecule has 0 aliphatic carbocycles. The molecule has 0 saturated heterocycles. The molecule has 0 spiro atoms. The molecule has 138 valence electrons. The smallest absolute Gasteiger partial charge is 0.283 e. The van der Waals surface area contributed by atoms with Crippen molar-refractivity contribution in [2.75, 3.05) is 24.4 Å². The number of rotatable bonds is 4. The van der Waals surface area contributed by atoms with Crippen molar-refractivity contribution in [3.63, 3.8) is 0 Å². The van der Waals surface area contributed by atoms with Gasteiger partial charge in [-0.05, 0) is 19.1 Å². The Morgan fingerprint density at radius 1 is 1.26 bits per heavy atom. The van der Waals surface area contributed by atoms with Crippen LogP contribution in [0.5, 0.6) is 0 Å². The van der Waals surface area contributed by atoms with E-state index in [1.165, 1.54) is 29.5 Å². The number of aromatic nitrogens is 6. The topological polar surface area (TPSA) is 105 Å². The minimum absolute atomic E-state index is 0.0415. The van der Waals surface area contributed by atoms with Gasteiger partial charge in [-0.25, -0.2) is 29.0 Å². The lowest BCUT2D eigenvalue weighted by Crippen LogP contribution is -2.40.